The van der Waals surface area contributed by atoms with Gasteiger partial charge in [-0.05, 0) is 0 Å². The highest BCUT2D eigenvalue weighted by molar-refractivity contribution is 5.45. The van der Waals surface area contributed by atoms with Crippen molar-refractivity contribution in [2.24, 2.45) is 0 Å². The van der Waals surface area contributed by atoms with E-state index in [1.54, 1.807) is 0 Å². The largest absolute Gasteiger partial charge is 0.471 e. The van der Waals surface area contributed by atoms with E-state index in [1.165, 1.54) is 12.3 Å². The second-order valence-electron chi connectivity index (χ2n) is 2.31. The van der Waals surface area contributed by atoms with Crippen LogP contribution in [-0.2, 0) is 6.18 Å². The average Bonchev–Trinajstić information content (AvgIpc) is 2.73. The molecule has 5 nitrogen and oxygen atoms in total. The zero-order valence-electron chi connectivity index (χ0n) is 6.45. The molecule has 0 spiro atoms. The Balaban J connectivity index is 2.36. The first-order chi connectivity index (χ1) is 6.57. The molecule has 2 rings (SSSR count). The second kappa shape index (κ2) is 2.82. The van der Waals surface area contributed by atoms with Crippen LogP contribution in [0.25, 0.3) is 11.5 Å². The number of hydrogen-bond acceptors (Lipinski definition) is 5. The molecule has 0 radical (unpaired) electrons. The maximum Gasteiger partial charge on any atom is 0.471 e. The first-order valence-corrected chi connectivity index (χ1v) is 3.39. The number of rotatable bonds is 1. The summed E-state index contributed by atoms with van der Waals surface area (Å²) in [7, 11) is 0. The highest BCUT2D eigenvalue weighted by atomic mass is 19.4. The lowest BCUT2D eigenvalue weighted by Gasteiger charge is -1.95. The van der Waals surface area contributed by atoms with Gasteiger partial charge in [0, 0.05) is 6.07 Å². The molecule has 74 valence electrons. The van der Waals surface area contributed by atoms with Gasteiger partial charge in [-0.25, -0.2) is 0 Å². The third-order valence-electron chi connectivity index (χ3n) is 1.34. The highest BCUT2D eigenvalue weighted by Crippen LogP contribution is 2.28. The molecule has 0 atom stereocenters. The van der Waals surface area contributed by atoms with E-state index in [0.717, 1.165) is 0 Å². The van der Waals surface area contributed by atoms with E-state index in [9.17, 15) is 13.2 Å². The van der Waals surface area contributed by atoms with Crippen molar-refractivity contribution in [3.05, 3.63) is 18.2 Å². The smallest absolute Gasteiger partial charge is 0.364 e. The standard InChI is InChI=1S/C6H2F3N3O2/c7-6(8,9)5-10-4(12-14-5)3-1-2-13-11-3/h1-2H. The Kier molecular flexibility index (Phi) is 1.76. The van der Waals surface area contributed by atoms with Gasteiger partial charge in [-0.3, -0.25) is 0 Å². The van der Waals surface area contributed by atoms with Crippen molar-refractivity contribution < 1.29 is 22.2 Å². The van der Waals surface area contributed by atoms with Crippen LogP contribution in [0.1, 0.15) is 5.89 Å². The quantitative estimate of drug-likeness (QED) is 0.709. The molecule has 2 aromatic heterocycles. The summed E-state index contributed by atoms with van der Waals surface area (Å²) in [6.45, 7) is 0. The van der Waals surface area contributed by atoms with Crippen LogP contribution in [0.3, 0.4) is 0 Å². The molecule has 0 bridgehead atoms. The fraction of sp³-hybridized carbons (Fsp3) is 0.167. The van der Waals surface area contributed by atoms with Crippen LogP contribution in [0.2, 0.25) is 0 Å². The van der Waals surface area contributed by atoms with Crippen molar-refractivity contribution in [2.75, 3.05) is 0 Å². The minimum Gasteiger partial charge on any atom is -0.364 e. The van der Waals surface area contributed by atoms with Gasteiger partial charge < -0.3 is 9.05 Å². The molecule has 0 aromatic carbocycles. The van der Waals surface area contributed by atoms with E-state index in [4.69, 9.17) is 0 Å². The van der Waals surface area contributed by atoms with E-state index in [-0.39, 0.29) is 11.5 Å². The van der Waals surface area contributed by atoms with E-state index in [0.29, 0.717) is 0 Å². The van der Waals surface area contributed by atoms with Gasteiger partial charge in [0.05, 0.1) is 0 Å². The molecule has 0 aliphatic rings. The molecule has 8 heteroatoms. The summed E-state index contributed by atoms with van der Waals surface area (Å²) < 4.78 is 44.4. The van der Waals surface area contributed by atoms with E-state index >= 15 is 0 Å². The number of aromatic nitrogens is 3. The Morgan fingerprint density at radius 1 is 1.21 bits per heavy atom. The van der Waals surface area contributed by atoms with Gasteiger partial charge in [0.2, 0.25) is 5.82 Å². The van der Waals surface area contributed by atoms with E-state index < -0.39 is 12.1 Å². The Morgan fingerprint density at radius 2 is 2.00 bits per heavy atom. The normalized spacial score (nSPS) is 11.9. The van der Waals surface area contributed by atoms with Gasteiger partial charge in [-0.2, -0.15) is 18.2 Å². The number of alkyl halides is 3. The fourth-order valence-corrected chi connectivity index (χ4v) is 0.771. The molecule has 0 N–H and O–H groups in total. The molecule has 0 unspecified atom stereocenters. The van der Waals surface area contributed by atoms with Gasteiger partial charge in [-0.1, -0.05) is 10.3 Å². The summed E-state index contributed by atoms with van der Waals surface area (Å²) in [4.78, 5) is 3.10. The highest BCUT2D eigenvalue weighted by Gasteiger charge is 2.38. The molecule has 0 saturated heterocycles. The molecular formula is C6H2F3N3O2. The molecule has 2 aromatic rings. The molecule has 0 aliphatic heterocycles. The molecule has 0 fully saturated rings. The maximum absolute atomic E-state index is 12.0. The molecule has 0 saturated carbocycles. The van der Waals surface area contributed by atoms with Crippen LogP contribution in [0.4, 0.5) is 13.2 Å². The van der Waals surface area contributed by atoms with Crippen molar-refractivity contribution in [3.63, 3.8) is 0 Å². The number of nitrogens with zero attached hydrogens (tertiary/aromatic N) is 3. The third-order valence-corrected chi connectivity index (χ3v) is 1.34. The fourth-order valence-electron chi connectivity index (χ4n) is 0.771. The van der Waals surface area contributed by atoms with Crippen LogP contribution in [-0.4, -0.2) is 15.3 Å². The summed E-state index contributed by atoms with van der Waals surface area (Å²) >= 11 is 0. The zero-order valence-corrected chi connectivity index (χ0v) is 6.45. The van der Waals surface area contributed by atoms with Crippen LogP contribution >= 0.6 is 0 Å². The van der Waals surface area contributed by atoms with Crippen molar-refractivity contribution in [2.45, 2.75) is 6.18 Å². The second-order valence-corrected chi connectivity index (χ2v) is 2.31. The molecule has 0 amide bonds. The summed E-state index contributed by atoms with van der Waals surface area (Å²) in [6.07, 6.45) is -3.45. The summed E-state index contributed by atoms with van der Waals surface area (Å²) in [6, 6.07) is 1.32. The molecule has 14 heavy (non-hydrogen) atoms. The van der Waals surface area contributed by atoms with Crippen LogP contribution in [0.5, 0.6) is 0 Å². The number of halogens is 3. The lowest BCUT2D eigenvalue weighted by atomic mass is 10.4. The minimum atomic E-state index is -4.64. The Labute approximate surface area is 74.5 Å². The SMILES string of the molecule is FC(F)(F)c1nc(-c2ccon2)no1. The van der Waals surface area contributed by atoms with E-state index in [1.807, 2.05) is 0 Å². The van der Waals surface area contributed by atoms with Crippen LogP contribution < -0.4 is 0 Å². The number of hydrogen-bond donors (Lipinski definition) is 0. The zero-order chi connectivity index (χ0) is 10.2. The van der Waals surface area contributed by atoms with Crippen LogP contribution in [0.15, 0.2) is 21.4 Å². The predicted molar refractivity (Wildman–Crippen MR) is 34.8 cm³/mol. The first-order valence-electron chi connectivity index (χ1n) is 3.39. The lowest BCUT2D eigenvalue weighted by molar-refractivity contribution is -0.159. The van der Waals surface area contributed by atoms with Crippen molar-refractivity contribution in [1.29, 1.82) is 0 Å². The maximum atomic E-state index is 12.0. The first kappa shape index (κ1) is 8.73. The average molecular weight is 205 g/mol. The summed E-state index contributed by atoms with van der Waals surface area (Å²) in [5.41, 5.74) is 0.0873. The monoisotopic (exact) mass is 205 g/mol. The summed E-state index contributed by atoms with van der Waals surface area (Å²) in [5.74, 6) is -1.67. The van der Waals surface area contributed by atoms with Crippen LogP contribution in [0, 0.1) is 0 Å². The van der Waals surface area contributed by atoms with Crippen molar-refractivity contribution >= 4 is 0 Å². The Hall–Kier alpha value is -1.86. The molecule has 0 aliphatic carbocycles. The van der Waals surface area contributed by atoms with Gasteiger partial charge in [0.15, 0.2) is 5.69 Å². The molecule has 2 heterocycles. The predicted octanol–water partition coefficient (Wildman–Crippen LogP) is 1.74. The van der Waals surface area contributed by atoms with Gasteiger partial charge in [-0.15, -0.1) is 0 Å². The van der Waals surface area contributed by atoms with Gasteiger partial charge >= 0.3 is 12.1 Å². The van der Waals surface area contributed by atoms with Gasteiger partial charge in [0.1, 0.15) is 6.26 Å². The van der Waals surface area contributed by atoms with Crippen molar-refractivity contribution in [1.82, 2.24) is 15.3 Å². The van der Waals surface area contributed by atoms with Crippen molar-refractivity contribution in [3.8, 4) is 11.5 Å². The summed E-state index contributed by atoms with van der Waals surface area (Å²) in [5, 5.41) is 6.45. The minimum absolute atomic E-state index is 0.0873. The van der Waals surface area contributed by atoms with Gasteiger partial charge in [0.25, 0.3) is 0 Å². The molecular weight excluding hydrogens is 203 g/mol. The third kappa shape index (κ3) is 1.45. The topological polar surface area (TPSA) is 65.0 Å². The van der Waals surface area contributed by atoms with E-state index in [2.05, 4.69) is 24.3 Å². The lowest BCUT2D eigenvalue weighted by Crippen LogP contribution is -2.04. The Morgan fingerprint density at radius 3 is 2.50 bits per heavy atom. The Bertz CT molecular complexity index is 420.